The van der Waals surface area contributed by atoms with Crippen molar-refractivity contribution in [1.82, 2.24) is 0 Å². The summed E-state index contributed by atoms with van der Waals surface area (Å²) in [6.07, 6.45) is 1.40. The number of halogens is 3. The third-order valence-electron chi connectivity index (χ3n) is 4.32. The third-order valence-corrected chi connectivity index (χ3v) is 7.68. The van der Waals surface area contributed by atoms with Gasteiger partial charge in [-0.2, -0.15) is 13.7 Å². The molecule has 0 atom stereocenters. The van der Waals surface area contributed by atoms with E-state index in [1.165, 1.54) is 18.2 Å². The van der Waals surface area contributed by atoms with Gasteiger partial charge in [0.2, 0.25) is 0 Å². The van der Waals surface area contributed by atoms with Gasteiger partial charge >= 0.3 is 10.1 Å². The van der Waals surface area contributed by atoms with Crippen LogP contribution in [-0.4, -0.2) is 14.3 Å². The molecule has 0 saturated carbocycles. The van der Waals surface area contributed by atoms with Crippen molar-refractivity contribution in [2.24, 2.45) is 0 Å². The zero-order valence-electron chi connectivity index (χ0n) is 17.0. The van der Waals surface area contributed by atoms with E-state index in [0.717, 1.165) is 9.13 Å². The molecule has 3 aromatic rings. The number of hydrogen-bond donors (Lipinski definition) is 1. The van der Waals surface area contributed by atoms with Crippen molar-refractivity contribution < 1.29 is 17.4 Å². The maximum Gasteiger partial charge on any atom is 0.339 e. The first-order chi connectivity index (χ1) is 15.6. The summed E-state index contributed by atoms with van der Waals surface area (Å²) in [5.41, 5.74) is 1.89. The Bertz CT molecular complexity index is 1380. The highest BCUT2D eigenvalue weighted by molar-refractivity contribution is 14.1. The number of nitriles is 1. The van der Waals surface area contributed by atoms with Gasteiger partial charge in [-0.25, -0.2) is 0 Å². The monoisotopic (exact) mass is 700 g/mol. The minimum absolute atomic E-state index is 0.0230. The SMILES string of the molecule is Cc1ccc(S(=O)(=O)Oc2c(Br)cc(/C=C(/C#N)C(=O)Nc3ccccc3I)cc2Br)cc1. The van der Waals surface area contributed by atoms with E-state index in [-0.39, 0.29) is 16.2 Å². The first-order valence-corrected chi connectivity index (χ1v) is 13.4. The molecule has 0 heterocycles. The van der Waals surface area contributed by atoms with Crippen LogP contribution in [0.25, 0.3) is 6.08 Å². The molecule has 1 N–H and O–H groups in total. The number of carbonyl (C=O) groups excluding carboxylic acids is 1. The third kappa shape index (κ3) is 6.44. The van der Waals surface area contributed by atoms with Crippen LogP contribution in [0.4, 0.5) is 5.69 Å². The molecule has 6 nitrogen and oxygen atoms in total. The molecule has 0 saturated heterocycles. The molecule has 0 radical (unpaired) electrons. The zero-order chi connectivity index (χ0) is 24.2. The summed E-state index contributed by atoms with van der Waals surface area (Å²) < 4.78 is 32.1. The molecule has 0 unspecified atom stereocenters. The van der Waals surface area contributed by atoms with Crippen LogP contribution in [0.1, 0.15) is 11.1 Å². The Morgan fingerprint density at radius 1 is 1.09 bits per heavy atom. The highest BCUT2D eigenvalue weighted by Gasteiger charge is 2.21. The van der Waals surface area contributed by atoms with Crippen molar-refractivity contribution in [1.29, 1.82) is 5.26 Å². The average Bonchev–Trinajstić information content (AvgIpc) is 2.76. The molecule has 3 aromatic carbocycles. The van der Waals surface area contributed by atoms with Gasteiger partial charge in [-0.3, -0.25) is 4.79 Å². The highest BCUT2D eigenvalue weighted by Crippen LogP contribution is 2.37. The van der Waals surface area contributed by atoms with Crippen molar-refractivity contribution in [3.63, 3.8) is 0 Å². The molecule has 0 bridgehead atoms. The van der Waals surface area contributed by atoms with Crippen LogP contribution in [0, 0.1) is 21.8 Å². The van der Waals surface area contributed by atoms with E-state index in [0.29, 0.717) is 20.2 Å². The average molecular weight is 702 g/mol. The van der Waals surface area contributed by atoms with E-state index in [9.17, 15) is 18.5 Å². The molecular weight excluding hydrogens is 687 g/mol. The second kappa shape index (κ2) is 10.8. The number of anilines is 1. The molecule has 168 valence electrons. The number of benzene rings is 3. The van der Waals surface area contributed by atoms with Gasteiger partial charge in [0.05, 0.1) is 14.6 Å². The Balaban J connectivity index is 1.87. The summed E-state index contributed by atoms with van der Waals surface area (Å²) in [5, 5.41) is 12.2. The number of para-hydroxylation sites is 1. The van der Waals surface area contributed by atoms with Gasteiger partial charge in [-0.15, -0.1) is 0 Å². The molecule has 0 aliphatic carbocycles. The Morgan fingerprint density at radius 3 is 2.27 bits per heavy atom. The molecule has 0 aliphatic heterocycles. The number of rotatable bonds is 6. The largest absolute Gasteiger partial charge is 0.377 e. The van der Waals surface area contributed by atoms with Crippen LogP contribution < -0.4 is 9.50 Å². The molecule has 0 aliphatic rings. The summed E-state index contributed by atoms with van der Waals surface area (Å²) in [6, 6.07) is 18.5. The van der Waals surface area contributed by atoms with E-state index in [1.807, 2.05) is 25.1 Å². The number of hydrogen-bond acceptors (Lipinski definition) is 5. The van der Waals surface area contributed by atoms with Gasteiger partial charge in [-0.05, 0) is 109 Å². The van der Waals surface area contributed by atoms with Crippen molar-refractivity contribution in [3.8, 4) is 11.8 Å². The Morgan fingerprint density at radius 2 is 1.70 bits per heavy atom. The lowest BCUT2D eigenvalue weighted by atomic mass is 10.1. The van der Waals surface area contributed by atoms with Crippen molar-refractivity contribution >= 4 is 82.2 Å². The van der Waals surface area contributed by atoms with E-state index < -0.39 is 16.0 Å². The van der Waals surface area contributed by atoms with Crippen LogP contribution >= 0.6 is 54.5 Å². The van der Waals surface area contributed by atoms with Crippen LogP contribution in [0.3, 0.4) is 0 Å². The fraction of sp³-hybridized carbons (Fsp3) is 0.0435. The molecule has 0 spiro atoms. The van der Waals surface area contributed by atoms with Crippen molar-refractivity contribution in [3.05, 3.63) is 89.9 Å². The van der Waals surface area contributed by atoms with Crippen LogP contribution in [-0.2, 0) is 14.9 Å². The van der Waals surface area contributed by atoms with Gasteiger partial charge in [-0.1, -0.05) is 29.8 Å². The lowest BCUT2D eigenvalue weighted by molar-refractivity contribution is -0.112. The Labute approximate surface area is 222 Å². The van der Waals surface area contributed by atoms with Crippen LogP contribution in [0.5, 0.6) is 5.75 Å². The van der Waals surface area contributed by atoms with Gasteiger partial charge in [0, 0.05) is 3.57 Å². The second-order valence-electron chi connectivity index (χ2n) is 6.77. The highest BCUT2D eigenvalue weighted by atomic mass is 127. The lowest BCUT2D eigenvalue weighted by Gasteiger charge is -2.12. The number of nitrogens with zero attached hydrogens (tertiary/aromatic N) is 1. The predicted octanol–water partition coefficient (Wildman–Crippen LogP) is 6.44. The number of aryl methyl sites for hydroxylation is 1. The van der Waals surface area contributed by atoms with Gasteiger partial charge in [0.1, 0.15) is 16.5 Å². The fourth-order valence-corrected chi connectivity index (χ4v) is 5.76. The van der Waals surface area contributed by atoms with Crippen molar-refractivity contribution in [2.75, 3.05) is 5.32 Å². The van der Waals surface area contributed by atoms with E-state index in [1.54, 1.807) is 36.4 Å². The van der Waals surface area contributed by atoms with Crippen LogP contribution in [0.2, 0.25) is 0 Å². The maximum absolute atomic E-state index is 12.6. The smallest absolute Gasteiger partial charge is 0.339 e. The minimum Gasteiger partial charge on any atom is -0.377 e. The summed E-state index contributed by atoms with van der Waals surface area (Å²) >= 11 is 8.72. The van der Waals surface area contributed by atoms with E-state index >= 15 is 0 Å². The summed E-state index contributed by atoms with van der Waals surface area (Å²) in [5.74, 6) is -0.509. The maximum atomic E-state index is 12.6. The van der Waals surface area contributed by atoms with E-state index in [2.05, 4.69) is 59.8 Å². The lowest BCUT2D eigenvalue weighted by Crippen LogP contribution is -2.14. The predicted molar refractivity (Wildman–Crippen MR) is 142 cm³/mol. The molecule has 3 rings (SSSR count). The topological polar surface area (TPSA) is 96.3 Å². The van der Waals surface area contributed by atoms with Gasteiger partial charge < -0.3 is 9.50 Å². The molecule has 0 fully saturated rings. The summed E-state index contributed by atoms with van der Waals surface area (Å²) in [4.78, 5) is 12.6. The van der Waals surface area contributed by atoms with Gasteiger partial charge in [0.25, 0.3) is 5.91 Å². The van der Waals surface area contributed by atoms with Crippen molar-refractivity contribution in [2.45, 2.75) is 11.8 Å². The van der Waals surface area contributed by atoms with E-state index in [4.69, 9.17) is 4.18 Å². The fourth-order valence-electron chi connectivity index (χ4n) is 2.67. The quantitative estimate of drug-likeness (QED) is 0.138. The molecule has 0 aromatic heterocycles. The first kappa shape index (κ1) is 25.4. The standard InChI is InChI=1S/C23H15Br2IN2O4S/c1-14-6-8-17(9-7-14)33(30,31)32-22-18(24)11-15(12-19(22)25)10-16(13-27)23(29)28-21-5-3-2-4-20(21)26/h2-12H,1H3,(H,28,29)/b16-10-. The Kier molecular flexibility index (Phi) is 8.33. The molecule has 33 heavy (non-hydrogen) atoms. The molecule has 10 heteroatoms. The summed E-state index contributed by atoms with van der Waals surface area (Å²) in [7, 11) is -4.06. The number of nitrogens with one attached hydrogen (secondary N) is 1. The zero-order valence-corrected chi connectivity index (χ0v) is 23.1. The summed E-state index contributed by atoms with van der Waals surface area (Å²) in [6.45, 7) is 1.85. The molecular formula is C23H15Br2IN2O4S. The molecule has 1 amide bonds. The number of amides is 1. The second-order valence-corrected chi connectivity index (χ2v) is 11.2. The first-order valence-electron chi connectivity index (χ1n) is 9.28. The number of carbonyl (C=O) groups is 1. The van der Waals surface area contributed by atoms with Gasteiger partial charge in [0.15, 0.2) is 5.75 Å². The Hall–Kier alpha value is -2.20. The van der Waals surface area contributed by atoms with Crippen LogP contribution in [0.15, 0.2) is 80.1 Å². The minimum atomic E-state index is -4.06. The normalized spacial score (nSPS) is 11.5.